The molecule has 4 nitrogen and oxygen atoms in total. The Hall–Kier alpha value is -2.62. The van der Waals surface area contributed by atoms with Gasteiger partial charge in [-0.25, -0.2) is 0 Å². The van der Waals surface area contributed by atoms with Gasteiger partial charge in [-0.1, -0.05) is 89.8 Å². The van der Waals surface area contributed by atoms with Crippen molar-refractivity contribution in [2.45, 2.75) is 92.9 Å². The van der Waals surface area contributed by atoms with Crippen LogP contribution in [0.3, 0.4) is 0 Å². The second-order valence-electron chi connectivity index (χ2n) is 13.0. The molecular weight excluding hydrogens is 468 g/mol. The van der Waals surface area contributed by atoms with E-state index >= 15 is 0 Å². The third kappa shape index (κ3) is 8.71. The van der Waals surface area contributed by atoms with Gasteiger partial charge in [0.2, 0.25) is 0 Å². The van der Waals surface area contributed by atoms with Gasteiger partial charge in [0.1, 0.15) is 0 Å². The Morgan fingerprint density at radius 3 is 1.29 bits per heavy atom. The third-order valence-corrected chi connectivity index (χ3v) is 9.09. The number of nitrogens with one attached hydrogen (secondary N) is 2. The molecule has 2 amide bonds. The second kappa shape index (κ2) is 13.4. The normalized spacial score (nSPS) is 27.0. The van der Waals surface area contributed by atoms with Gasteiger partial charge >= 0.3 is 0 Å². The fourth-order valence-corrected chi connectivity index (χ4v) is 5.70. The average Bonchev–Trinajstić information content (AvgIpc) is 2.91. The van der Waals surface area contributed by atoms with Crippen LogP contribution in [0.15, 0.2) is 48.5 Å². The standard InChI is InChI=1S/2C17H25NO/c2*1-13-8-10-17(3,11-9-13)12-18-16(19)15-7-5-4-6-14(15)2/h2*4-7,13H,8-12H2,1-3H3,(H,18,19). The van der Waals surface area contributed by atoms with Gasteiger partial charge in [0.15, 0.2) is 0 Å². The van der Waals surface area contributed by atoms with Gasteiger partial charge in [-0.3, -0.25) is 9.59 Å². The summed E-state index contributed by atoms with van der Waals surface area (Å²) in [7, 11) is 0. The van der Waals surface area contributed by atoms with E-state index in [0.29, 0.717) is 0 Å². The number of aryl methyl sites for hydroxylation is 2. The molecule has 2 aromatic carbocycles. The van der Waals surface area contributed by atoms with E-state index in [0.717, 1.165) is 47.2 Å². The molecule has 2 fully saturated rings. The van der Waals surface area contributed by atoms with Crippen molar-refractivity contribution < 1.29 is 9.59 Å². The highest BCUT2D eigenvalue weighted by molar-refractivity contribution is 5.96. The lowest BCUT2D eigenvalue weighted by Crippen LogP contribution is -2.38. The lowest BCUT2D eigenvalue weighted by atomic mass is 9.72. The van der Waals surface area contributed by atoms with Gasteiger partial charge in [0.25, 0.3) is 11.8 Å². The first-order chi connectivity index (χ1) is 18.0. The molecule has 0 saturated heterocycles. The molecule has 0 spiro atoms. The molecule has 0 bridgehead atoms. The summed E-state index contributed by atoms with van der Waals surface area (Å²) in [6.07, 6.45) is 10.1. The molecule has 38 heavy (non-hydrogen) atoms. The van der Waals surface area contributed by atoms with Crippen LogP contribution in [0.2, 0.25) is 0 Å². The monoisotopic (exact) mass is 518 g/mol. The van der Waals surface area contributed by atoms with Crippen LogP contribution in [-0.2, 0) is 0 Å². The number of carbonyl (C=O) groups excluding carboxylic acids is 2. The Balaban J connectivity index is 0.000000211. The lowest BCUT2D eigenvalue weighted by molar-refractivity contribution is 0.0902. The Morgan fingerprint density at radius 2 is 0.974 bits per heavy atom. The first-order valence-electron chi connectivity index (χ1n) is 14.7. The van der Waals surface area contributed by atoms with E-state index in [1.165, 1.54) is 51.4 Å². The van der Waals surface area contributed by atoms with Crippen LogP contribution in [0.25, 0.3) is 0 Å². The Labute approximate surface area is 231 Å². The van der Waals surface area contributed by atoms with E-state index in [2.05, 4.69) is 38.3 Å². The molecule has 2 aliphatic carbocycles. The molecule has 0 radical (unpaired) electrons. The van der Waals surface area contributed by atoms with Crippen LogP contribution in [0.1, 0.15) is 111 Å². The van der Waals surface area contributed by atoms with Crippen molar-refractivity contribution in [1.82, 2.24) is 10.6 Å². The molecule has 0 atom stereocenters. The molecule has 2 saturated carbocycles. The van der Waals surface area contributed by atoms with E-state index in [1.807, 2.05) is 62.4 Å². The molecule has 208 valence electrons. The zero-order chi connectivity index (χ0) is 27.8. The van der Waals surface area contributed by atoms with Crippen molar-refractivity contribution in [2.24, 2.45) is 22.7 Å². The van der Waals surface area contributed by atoms with Crippen LogP contribution in [0.4, 0.5) is 0 Å². The molecule has 0 unspecified atom stereocenters. The molecule has 0 heterocycles. The topological polar surface area (TPSA) is 58.2 Å². The highest BCUT2D eigenvalue weighted by Crippen LogP contribution is 2.38. The largest absolute Gasteiger partial charge is 0.351 e. The van der Waals surface area contributed by atoms with Gasteiger partial charge in [-0.05, 0) is 85.5 Å². The lowest BCUT2D eigenvalue weighted by Gasteiger charge is -2.36. The van der Waals surface area contributed by atoms with Crippen LogP contribution in [0.5, 0.6) is 0 Å². The Kier molecular flexibility index (Phi) is 10.6. The highest BCUT2D eigenvalue weighted by Gasteiger charge is 2.31. The van der Waals surface area contributed by atoms with Crippen LogP contribution in [0, 0.1) is 36.5 Å². The fourth-order valence-electron chi connectivity index (χ4n) is 5.70. The zero-order valence-corrected chi connectivity index (χ0v) is 24.7. The Morgan fingerprint density at radius 1 is 0.658 bits per heavy atom. The van der Waals surface area contributed by atoms with E-state index in [9.17, 15) is 9.59 Å². The molecule has 0 aromatic heterocycles. The zero-order valence-electron chi connectivity index (χ0n) is 24.7. The number of amides is 2. The van der Waals surface area contributed by atoms with E-state index in [4.69, 9.17) is 0 Å². The van der Waals surface area contributed by atoms with Gasteiger partial charge in [-0.2, -0.15) is 0 Å². The maximum absolute atomic E-state index is 12.2. The summed E-state index contributed by atoms with van der Waals surface area (Å²) >= 11 is 0. The molecule has 4 heteroatoms. The minimum Gasteiger partial charge on any atom is -0.351 e. The summed E-state index contributed by atoms with van der Waals surface area (Å²) in [4.78, 5) is 24.4. The van der Waals surface area contributed by atoms with Gasteiger partial charge in [0, 0.05) is 24.2 Å². The average molecular weight is 519 g/mol. The summed E-state index contributed by atoms with van der Waals surface area (Å²) in [5.74, 6) is 1.83. The quantitative estimate of drug-likeness (QED) is 0.408. The number of rotatable bonds is 6. The predicted octanol–water partition coefficient (Wildman–Crippen LogP) is 7.88. The maximum atomic E-state index is 12.2. The minimum absolute atomic E-state index is 0.0675. The van der Waals surface area contributed by atoms with Crippen molar-refractivity contribution in [2.75, 3.05) is 13.1 Å². The summed E-state index contributed by atoms with van der Waals surface area (Å²) < 4.78 is 0. The van der Waals surface area contributed by atoms with Crippen molar-refractivity contribution in [1.29, 1.82) is 0 Å². The van der Waals surface area contributed by atoms with E-state index in [1.54, 1.807) is 0 Å². The third-order valence-electron chi connectivity index (χ3n) is 9.09. The van der Waals surface area contributed by atoms with Crippen molar-refractivity contribution >= 4 is 11.8 Å². The molecule has 2 aliphatic rings. The fraction of sp³-hybridized carbons (Fsp3) is 0.588. The Bertz CT molecular complexity index is 974. The van der Waals surface area contributed by atoms with Gasteiger partial charge < -0.3 is 10.6 Å². The first-order valence-corrected chi connectivity index (χ1v) is 14.7. The number of benzene rings is 2. The van der Waals surface area contributed by atoms with E-state index in [-0.39, 0.29) is 22.6 Å². The smallest absolute Gasteiger partial charge is 0.251 e. The van der Waals surface area contributed by atoms with Crippen LogP contribution >= 0.6 is 0 Å². The predicted molar refractivity (Wildman–Crippen MR) is 159 cm³/mol. The summed E-state index contributed by atoms with van der Waals surface area (Å²) in [6, 6.07) is 15.5. The first kappa shape index (κ1) is 29.9. The maximum Gasteiger partial charge on any atom is 0.251 e. The van der Waals surface area contributed by atoms with Gasteiger partial charge in [-0.15, -0.1) is 0 Å². The second-order valence-corrected chi connectivity index (χ2v) is 13.0. The van der Waals surface area contributed by atoms with Crippen LogP contribution in [-0.4, -0.2) is 24.9 Å². The number of carbonyl (C=O) groups is 2. The summed E-state index contributed by atoms with van der Waals surface area (Å²) in [5, 5.41) is 6.25. The number of hydrogen-bond donors (Lipinski definition) is 2. The highest BCUT2D eigenvalue weighted by atomic mass is 16.2. The molecular formula is C34H50N2O2. The summed E-state index contributed by atoms with van der Waals surface area (Å²) in [5.41, 5.74) is 4.26. The molecule has 4 rings (SSSR count). The van der Waals surface area contributed by atoms with Crippen molar-refractivity contribution in [3.8, 4) is 0 Å². The van der Waals surface area contributed by atoms with Crippen LogP contribution < -0.4 is 10.6 Å². The number of hydrogen-bond acceptors (Lipinski definition) is 2. The van der Waals surface area contributed by atoms with Crippen molar-refractivity contribution in [3.63, 3.8) is 0 Å². The van der Waals surface area contributed by atoms with Gasteiger partial charge in [0.05, 0.1) is 0 Å². The molecule has 2 aromatic rings. The van der Waals surface area contributed by atoms with Crippen molar-refractivity contribution in [3.05, 3.63) is 70.8 Å². The molecule has 0 aliphatic heterocycles. The summed E-state index contributed by atoms with van der Waals surface area (Å²) in [6.45, 7) is 14.8. The SMILES string of the molecule is Cc1ccccc1C(=O)NCC1(C)CCC(C)CC1.Cc1ccccc1C(=O)NCC1(C)CCC(C)CC1. The van der Waals surface area contributed by atoms with E-state index < -0.39 is 0 Å². The minimum atomic E-state index is 0.0675. The molecule has 2 N–H and O–H groups in total.